The zero-order chi connectivity index (χ0) is 13.6. The largest absolute Gasteiger partial charge is 0.470 e. The van der Waals surface area contributed by atoms with Gasteiger partial charge in [0.25, 0.3) is 0 Å². The lowest BCUT2D eigenvalue weighted by Gasteiger charge is -2.24. The van der Waals surface area contributed by atoms with Crippen LogP contribution >= 0.6 is 12.1 Å². The van der Waals surface area contributed by atoms with Gasteiger partial charge >= 0.3 is 0 Å². The highest BCUT2D eigenvalue weighted by atomic mass is 32.2. The first-order chi connectivity index (χ1) is 9.27. The van der Waals surface area contributed by atoms with Crippen molar-refractivity contribution in [1.82, 2.24) is 4.72 Å². The van der Waals surface area contributed by atoms with Crippen LogP contribution in [0.2, 0.25) is 0 Å². The highest BCUT2D eigenvalue weighted by molar-refractivity contribution is 7.96. The average molecular weight is 278 g/mol. The fourth-order valence-corrected chi connectivity index (χ4v) is 2.38. The van der Waals surface area contributed by atoms with Crippen molar-refractivity contribution >= 4 is 18.3 Å². The molecule has 4 nitrogen and oxygen atoms in total. The van der Waals surface area contributed by atoms with E-state index in [-0.39, 0.29) is 0 Å². The van der Waals surface area contributed by atoms with Crippen molar-refractivity contribution < 1.29 is 9.30 Å². The maximum absolute atomic E-state index is 5.89. The van der Waals surface area contributed by atoms with Gasteiger partial charge in [0, 0.05) is 17.7 Å². The molecule has 0 aliphatic carbocycles. The zero-order valence-electron chi connectivity index (χ0n) is 11.4. The minimum Gasteiger partial charge on any atom is -0.470 e. The van der Waals surface area contributed by atoms with Gasteiger partial charge in [0.15, 0.2) is 12.4 Å². The van der Waals surface area contributed by atoms with Crippen LogP contribution in [0.5, 0.6) is 0 Å². The van der Waals surface area contributed by atoms with Crippen LogP contribution in [0, 0.1) is 0 Å². The lowest BCUT2D eigenvalue weighted by Crippen LogP contribution is -2.39. The lowest BCUT2D eigenvalue weighted by atomic mass is 10.1. The van der Waals surface area contributed by atoms with E-state index in [2.05, 4.69) is 22.1 Å². The summed E-state index contributed by atoms with van der Waals surface area (Å²) in [4.78, 5) is 0. The Hall–Kier alpha value is -1.33. The summed E-state index contributed by atoms with van der Waals surface area (Å²) in [5, 5.41) is 0. The Kier molecular flexibility index (Phi) is 4.99. The zero-order valence-corrected chi connectivity index (χ0v) is 12.2. The van der Waals surface area contributed by atoms with E-state index in [1.54, 1.807) is 12.5 Å². The van der Waals surface area contributed by atoms with E-state index in [1.807, 2.05) is 36.1 Å². The number of aromatic nitrogens is 1. The van der Waals surface area contributed by atoms with E-state index in [4.69, 9.17) is 4.74 Å². The molecule has 1 aromatic heterocycles. The van der Waals surface area contributed by atoms with Gasteiger partial charge in [-0.2, -0.15) is 4.72 Å². The van der Waals surface area contributed by atoms with Crippen molar-refractivity contribution in [2.75, 3.05) is 0 Å². The fraction of sp³-hybridized carbons (Fsp3) is 0.429. The van der Waals surface area contributed by atoms with Crippen molar-refractivity contribution in [2.24, 2.45) is 11.4 Å². The average Bonchev–Trinajstić information content (AvgIpc) is 2.89. The van der Waals surface area contributed by atoms with Gasteiger partial charge in [-0.3, -0.25) is 0 Å². The summed E-state index contributed by atoms with van der Waals surface area (Å²) in [6.45, 7) is 2.18. The molecule has 19 heavy (non-hydrogen) atoms. The number of unbranched alkanes of at least 4 members (excludes halogenated alkanes) is 2. The van der Waals surface area contributed by atoms with E-state index in [9.17, 15) is 0 Å². The number of pyridine rings is 1. The third-order valence-corrected chi connectivity index (χ3v) is 3.57. The molecule has 0 saturated heterocycles. The molecule has 0 bridgehead atoms. The summed E-state index contributed by atoms with van der Waals surface area (Å²) in [5.41, 5.74) is 0.390. The molecule has 2 rings (SSSR count). The summed E-state index contributed by atoms with van der Waals surface area (Å²) >= 11 is 1.30. The first-order valence-electron chi connectivity index (χ1n) is 6.53. The molecule has 1 aliphatic heterocycles. The molecule has 5 heteroatoms. The molecule has 0 saturated carbocycles. The van der Waals surface area contributed by atoms with Gasteiger partial charge in [-0.15, -0.1) is 0 Å². The van der Waals surface area contributed by atoms with Crippen LogP contribution in [-0.2, 0) is 17.5 Å². The third kappa shape index (κ3) is 3.58. The van der Waals surface area contributed by atoms with Crippen molar-refractivity contribution in [3.8, 4) is 0 Å². The number of hydrogen-bond acceptors (Lipinski definition) is 4. The van der Waals surface area contributed by atoms with Crippen LogP contribution < -0.4 is 9.29 Å². The maximum Gasteiger partial charge on any atom is 0.234 e. The standard InChI is InChI=1S/C14H20N3OS/c1-3-4-5-6-11-18-14(12-15-19-16-14)13-7-9-17(2)10-8-13/h6-12,16H,3-5H2,1-2H3/q+1. The quantitative estimate of drug-likeness (QED) is 0.376. The summed E-state index contributed by atoms with van der Waals surface area (Å²) in [7, 11) is 1.99. The molecule has 1 aliphatic rings. The fourth-order valence-electron chi connectivity index (χ4n) is 1.77. The molecule has 0 fully saturated rings. The van der Waals surface area contributed by atoms with Gasteiger partial charge in [0.2, 0.25) is 5.72 Å². The first kappa shape index (κ1) is 14.1. The molecule has 1 atom stereocenters. The highest BCUT2D eigenvalue weighted by Crippen LogP contribution is 2.28. The molecule has 102 valence electrons. The number of ether oxygens (including phenoxy) is 1. The topological polar surface area (TPSA) is 37.5 Å². The van der Waals surface area contributed by atoms with Gasteiger partial charge in [-0.1, -0.05) is 13.3 Å². The number of hydrogen-bond donors (Lipinski definition) is 1. The number of aryl methyl sites for hydroxylation is 1. The Morgan fingerprint density at radius 3 is 2.89 bits per heavy atom. The Labute approximate surface area is 118 Å². The molecular weight excluding hydrogens is 258 g/mol. The highest BCUT2D eigenvalue weighted by Gasteiger charge is 2.35. The van der Waals surface area contributed by atoms with Crippen molar-refractivity contribution in [3.05, 3.63) is 42.4 Å². The second kappa shape index (κ2) is 6.73. The lowest BCUT2D eigenvalue weighted by molar-refractivity contribution is -0.671. The van der Waals surface area contributed by atoms with Crippen molar-refractivity contribution in [2.45, 2.75) is 31.9 Å². The van der Waals surface area contributed by atoms with E-state index in [1.165, 1.54) is 25.0 Å². The Morgan fingerprint density at radius 2 is 2.26 bits per heavy atom. The third-order valence-electron chi connectivity index (χ3n) is 2.97. The molecule has 0 spiro atoms. The SMILES string of the molecule is CCCCC=COC1(c2cc[n+](C)cc2)C=NSN1. The Balaban J connectivity index is 2.08. The van der Waals surface area contributed by atoms with Crippen LogP contribution in [-0.4, -0.2) is 6.21 Å². The van der Waals surface area contributed by atoms with Crippen molar-refractivity contribution in [1.29, 1.82) is 0 Å². The molecule has 1 aromatic rings. The predicted molar refractivity (Wildman–Crippen MR) is 78.3 cm³/mol. The van der Waals surface area contributed by atoms with Crippen molar-refractivity contribution in [3.63, 3.8) is 0 Å². The predicted octanol–water partition coefficient (Wildman–Crippen LogP) is 2.62. The monoisotopic (exact) mass is 278 g/mol. The van der Waals surface area contributed by atoms with Crippen LogP contribution in [0.4, 0.5) is 0 Å². The molecular formula is C14H20N3OS+. The number of rotatable bonds is 6. The summed E-state index contributed by atoms with van der Waals surface area (Å²) < 4.78 is 15.3. The summed E-state index contributed by atoms with van der Waals surface area (Å²) in [6.07, 6.45) is 13.1. The van der Waals surface area contributed by atoms with Gasteiger partial charge in [0.1, 0.15) is 7.05 Å². The van der Waals surface area contributed by atoms with Gasteiger partial charge in [-0.05, 0) is 18.9 Å². The second-order valence-corrected chi connectivity index (χ2v) is 5.15. The van der Waals surface area contributed by atoms with E-state index in [0.29, 0.717) is 0 Å². The van der Waals surface area contributed by atoms with Crippen LogP contribution in [0.15, 0.2) is 41.3 Å². The van der Waals surface area contributed by atoms with E-state index < -0.39 is 5.72 Å². The first-order valence-corrected chi connectivity index (χ1v) is 7.30. The van der Waals surface area contributed by atoms with Crippen LogP contribution in [0.1, 0.15) is 31.7 Å². The number of nitrogens with one attached hydrogen (secondary N) is 1. The minimum atomic E-state index is -0.651. The second-order valence-electron chi connectivity index (χ2n) is 4.55. The van der Waals surface area contributed by atoms with E-state index in [0.717, 1.165) is 12.0 Å². The molecule has 0 radical (unpaired) electrons. The van der Waals surface area contributed by atoms with Gasteiger partial charge in [0.05, 0.1) is 24.6 Å². The minimum absolute atomic E-state index is 0.651. The van der Waals surface area contributed by atoms with Gasteiger partial charge < -0.3 is 4.74 Å². The summed E-state index contributed by atoms with van der Waals surface area (Å²) in [5.74, 6) is 0. The number of nitrogens with zero attached hydrogens (tertiary/aromatic N) is 2. The normalized spacial score (nSPS) is 22.2. The van der Waals surface area contributed by atoms with E-state index >= 15 is 0 Å². The number of allylic oxidation sites excluding steroid dienone is 1. The molecule has 1 N–H and O–H groups in total. The van der Waals surface area contributed by atoms with Gasteiger partial charge in [-0.25, -0.2) is 8.96 Å². The molecule has 2 heterocycles. The maximum atomic E-state index is 5.89. The van der Waals surface area contributed by atoms with Crippen LogP contribution in [0.25, 0.3) is 0 Å². The van der Waals surface area contributed by atoms with Crippen LogP contribution in [0.3, 0.4) is 0 Å². The Bertz CT molecular complexity index is 458. The molecule has 0 aromatic carbocycles. The molecule has 1 unspecified atom stereocenters. The summed E-state index contributed by atoms with van der Waals surface area (Å²) in [6, 6.07) is 4.07. The Morgan fingerprint density at radius 1 is 1.47 bits per heavy atom. The molecule has 0 amide bonds. The smallest absolute Gasteiger partial charge is 0.234 e.